The lowest BCUT2D eigenvalue weighted by molar-refractivity contribution is 0.216. The second-order valence-electron chi connectivity index (χ2n) is 6.05. The molecule has 0 bridgehead atoms. The van der Waals surface area contributed by atoms with Crippen LogP contribution in [-0.4, -0.2) is 42.7 Å². The Labute approximate surface area is 164 Å². The topological polar surface area (TPSA) is 63.7 Å². The molecule has 0 aliphatic rings. The van der Waals surface area contributed by atoms with Crippen molar-refractivity contribution in [1.29, 1.82) is 0 Å². The van der Waals surface area contributed by atoms with Crippen LogP contribution in [0.15, 0.2) is 42.6 Å². The molecule has 0 fully saturated rings. The first kappa shape index (κ1) is 20.6. The van der Waals surface area contributed by atoms with Crippen molar-refractivity contribution in [1.82, 2.24) is 15.2 Å². The van der Waals surface area contributed by atoms with Gasteiger partial charge in [0.1, 0.15) is 11.5 Å². The lowest BCUT2D eigenvalue weighted by Crippen LogP contribution is -2.39. The first-order valence-electron chi connectivity index (χ1n) is 8.61. The molecule has 1 aromatic heterocycles. The highest BCUT2D eigenvalue weighted by Crippen LogP contribution is 2.31. The van der Waals surface area contributed by atoms with Gasteiger partial charge < -0.3 is 19.7 Å². The Kier molecular flexibility index (Phi) is 7.49. The first-order valence-corrected chi connectivity index (χ1v) is 8.99. The van der Waals surface area contributed by atoms with Crippen LogP contribution in [0.5, 0.6) is 17.4 Å². The minimum absolute atomic E-state index is 0.0986. The summed E-state index contributed by atoms with van der Waals surface area (Å²) < 4.78 is 11.1. The summed E-state index contributed by atoms with van der Waals surface area (Å²) in [7, 11) is 3.40. The molecule has 7 heteroatoms. The van der Waals surface area contributed by atoms with Crippen LogP contribution in [-0.2, 0) is 0 Å². The molecule has 0 aliphatic heterocycles. The van der Waals surface area contributed by atoms with Gasteiger partial charge in [0.15, 0.2) is 0 Å². The molecule has 1 atom stereocenters. The van der Waals surface area contributed by atoms with Crippen LogP contribution in [0.3, 0.4) is 0 Å². The van der Waals surface area contributed by atoms with Crippen LogP contribution in [0.1, 0.15) is 19.4 Å². The second kappa shape index (κ2) is 9.83. The minimum Gasteiger partial charge on any atom is -0.494 e. The zero-order valence-corrected chi connectivity index (χ0v) is 16.7. The number of benzene rings is 1. The normalized spacial score (nSPS) is 11.9. The zero-order chi connectivity index (χ0) is 19.8. The maximum Gasteiger partial charge on any atom is 0.317 e. The smallest absolute Gasteiger partial charge is 0.317 e. The van der Waals surface area contributed by atoms with Crippen molar-refractivity contribution < 1.29 is 14.3 Å². The maximum atomic E-state index is 11.6. The van der Waals surface area contributed by atoms with Crippen LogP contribution in [0.25, 0.3) is 6.08 Å². The molecule has 0 radical (unpaired) electrons. The predicted molar refractivity (Wildman–Crippen MR) is 108 cm³/mol. The molecule has 0 aliphatic carbocycles. The SMILES string of the molecule is CCOc1ccc(Oc2ccc(C=C[C@H](C)NC(=O)N(C)C)cn2)c(Cl)c1. The fourth-order valence-electron chi connectivity index (χ4n) is 2.11. The van der Waals surface area contributed by atoms with Gasteiger partial charge in [-0.15, -0.1) is 0 Å². The van der Waals surface area contributed by atoms with E-state index in [4.69, 9.17) is 21.1 Å². The van der Waals surface area contributed by atoms with Crippen LogP contribution < -0.4 is 14.8 Å². The average Bonchev–Trinajstić information content (AvgIpc) is 2.63. The van der Waals surface area contributed by atoms with Gasteiger partial charge >= 0.3 is 6.03 Å². The number of carbonyl (C=O) groups is 1. The third kappa shape index (κ3) is 6.49. The molecule has 0 saturated heterocycles. The summed E-state index contributed by atoms with van der Waals surface area (Å²) in [6, 6.07) is 8.65. The lowest BCUT2D eigenvalue weighted by Gasteiger charge is -2.15. The van der Waals surface area contributed by atoms with E-state index >= 15 is 0 Å². The van der Waals surface area contributed by atoms with Crippen molar-refractivity contribution in [2.24, 2.45) is 0 Å². The van der Waals surface area contributed by atoms with Crippen LogP contribution in [0.4, 0.5) is 4.79 Å². The Bertz CT molecular complexity index is 792. The minimum atomic E-state index is -0.138. The quantitative estimate of drug-likeness (QED) is 0.751. The van der Waals surface area contributed by atoms with Crippen LogP contribution in [0.2, 0.25) is 5.02 Å². The van der Waals surface area contributed by atoms with Crippen molar-refractivity contribution in [3.8, 4) is 17.4 Å². The van der Waals surface area contributed by atoms with Gasteiger partial charge in [-0.2, -0.15) is 0 Å². The number of urea groups is 1. The number of rotatable bonds is 7. The number of amides is 2. The molecule has 2 aromatic rings. The maximum absolute atomic E-state index is 11.6. The first-order chi connectivity index (χ1) is 12.9. The number of nitrogens with one attached hydrogen (secondary N) is 1. The van der Waals surface area contributed by atoms with E-state index in [0.29, 0.717) is 29.0 Å². The van der Waals surface area contributed by atoms with Gasteiger partial charge in [-0.1, -0.05) is 23.8 Å². The number of pyridine rings is 1. The van der Waals surface area contributed by atoms with E-state index in [2.05, 4.69) is 10.3 Å². The highest BCUT2D eigenvalue weighted by molar-refractivity contribution is 6.32. The molecule has 1 aromatic carbocycles. The Balaban J connectivity index is 1.97. The van der Waals surface area contributed by atoms with Crippen LogP contribution >= 0.6 is 11.6 Å². The number of ether oxygens (including phenoxy) is 2. The number of halogens is 1. The van der Waals surface area contributed by atoms with Crippen LogP contribution in [0, 0.1) is 0 Å². The van der Waals surface area contributed by atoms with Gasteiger partial charge in [-0.25, -0.2) is 9.78 Å². The van der Waals surface area contributed by atoms with Gasteiger partial charge in [-0.3, -0.25) is 0 Å². The van der Waals surface area contributed by atoms with E-state index in [0.717, 1.165) is 5.56 Å². The Morgan fingerprint density at radius 2 is 2.11 bits per heavy atom. The van der Waals surface area contributed by atoms with Crippen molar-refractivity contribution >= 4 is 23.7 Å². The van der Waals surface area contributed by atoms with Crippen molar-refractivity contribution in [2.45, 2.75) is 19.9 Å². The van der Waals surface area contributed by atoms with Gasteiger partial charge in [0.05, 0.1) is 11.6 Å². The molecule has 6 nitrogen and oxygen atoms in total. The fraction of sp³-hybridized carbons (Fsp3) is 0.300. The Hall–Kier alpha value is -2.73. The van der Waals surface area contributed by atoms with E-state index in [1.54, 1.807) is 44.6 Å². The number of hydrogen-bond donors (Lipinski definition) is 1. The number of aromatic nitrogens is 1. The molecule has 0 spiro atoms. The Morgan fingerprint density at radius 3 is 2.70 bits per heavy atom. The average molecular weight is 390 g/mol. The molecular formula is C20H24ClN3O3. The molecule has 144 valence electrons. The zero-order valence-electron chi connectivity index (χ0n) is 15.9. The van der Waals surface area contributed by atoms with Crippen molar-refractivity contribution in [3.05, 3.63) is 53.2 Å². The third-order valence-electron chi connectivity index (χ3n) is 3.52. The molecular weight excluding hydrogens is 366 g/mol. The van der Waals surface area contributed by atoms with Crippen molar-refractivity contribution in [3.63, 3.8) is 0 Å². The standard InChI is InChI=1S/C20H24ClN3O3/c1-5-26-16-9-10-18(17(21)12-16)27-19-11-8-15(13-22-19)7-6-14(2)23-20(25)24(3)4/h6-14H,5H2,1-4H3,(H,23,25)/t14-/m0/s1. The summed E-state index contributed by atoms with van der Waals surface area (Å²) in [6.45, 7) is 4.39. The van der Waals surface area contributed by atoms with Gasteiger partial charge in [0.2, 0.25) is 5.88 Å². The summed E-state index contributed by atoms with van der Waals surface area (Å²) in [5.74, 6) is 1.64. The monoisotopic (exact) mass is 389 g/mol. The molecule has 1 heterocycles. The second-order valence-corrected chi connectivity index (χ2v) is 6.46. The van der Waals surface area contributed by atoms with Crippen molar-refractivity contribution in [2.75, 3.05) is 20.7 Å². The molecule has 27 heavy (non-hydrogen) atoms. The summed E-state index contributed by atoms with van der Waals surface area (Å²) in [6.07, 6.45) is 5.47. The number of nitrogens with zero attached hydrogens (tertiary/aromatic N) is 2. The lowest BCUT2D eigenvalue weighted by atomic mass is 10.2. The molecule has 0 unspecified atom stereocenters. The fourth-order valence-corrected chi connectivity index (χ4v) is 2.32. The highest BCUT2D eigenvalue weighted by atomic mass is 35.5. The Morgan fingerprint density at radius 1 is 1.33 bits per heavy atom. The van der Waals surface area contributed by atoms with E-state index in [9.17, 15) is 4.79 Å². The molecule has 2 amide bonds. The molecule has 0 saturated carbocycles. The van der Waals surface area contributed by atoms with E-state index in [-0.39, 0.29) is 12.1 Å². The predicted octanol–water partition coefficient (Wildman–Crippen LogP) is 4.60. The number of hydrogen-bond acceptors (Lipinski definition) is 4. The highest BCUT2D eigenvalue weighted by Gasteiger charge is 2.07. The summed E-state index contributed by atoms with van der Waals surface area (Å²) in [5.41, 5.74) is 0.895. The third-order valence-corrected chi connectivity index (χ3v) is 3.82. The summed E-state index contributed by atoms with van der Waals surface area (Å²) in [5, 5.41) is 3.30. The largest absolute Gasteiger partial charge is 0.494 e. The van der Waals surface area contributed by atoms with E-state index < -0.39 is 0 Å². The van der Waals surface area contributed by atoms with E-state index in [1.165, 1.54) is 4.90 Å². The van der Waals surface area contributed by atoms with Gasteiger partial charge in [-0.05, 0) is 37.6 Å². The van der Waals surface area contributed by atoms with Gasteiger partial charge in [0, 0.05) is 38.5 Å². The molecule has 1 N–H and O–H groups in total. The molecule has 2 rings (SSSR count). The number of carbonyl (C=O) groups excluding carboxylic acids is 1. The summed E-state index contributed by atoms with van der Waals surface area (Å²) >= 11 is 6.21. The van der Waals surface area contributed by atoms with E-state index in [1.807, 2.05) is 32.1 Å². The van der Waals surface area contributed by atoms with Gasteiger partial charge in [0.25, 0.3) is 0 Å². The summed E-state index contributed by atoms with van der Waals surface area (Å²) in [4.78, 5) is 17.4.